The first-order valence-electron chi connectivity index (χ1n) is 5.83. The minimum atomic E-state index is -2.45. The summed E-state index contributed by atoms with van der Waals surface area (Å²) < 4.78 is 24.8. The van der Waals surface area contributed by atoms with Gasteiger partial charge in [0.2, 0.25) is 0 Å². The Morgan fingerprint density at radius 2 is 1.94 bits per heavy atom. The lowest BCUT2D eigenvalue weighted by molar-refractivity contribution is 0.0266. The third-order valence-electron chi connectivity index (χ3n) is 2.98. The van der Waals surface area contributed by atoms with Crippen molar-refractivity contribution >= 4 is 17.4 Å². The molecule has 0 aliphatic heterocycles. The topological polar surface area (TPSA) is 32.3 Å². The van der Waals surface area contributed by atoms with Gasteiger partial charge in [-0.1, -0.05) is 37.7 Å². The Morgan fingerprint density at radius 3 is 2.50 bits per heavy atom. The van der Waals surface area contributed by atoms with E-state index in [1.165, 1.54) is 0 Å². The van der Waals surface area contributed by atoms with Crippen molar-refractivity contribution < 1.29 is 13.9 Å². The highest BCUT2D eigenvalue weighted by molar-refractivity contribution is 7.99. The van der Waals surface area contributed by atoms with Crippen molar-refractivity contribution in [3.05, 3.63) is 24.3 Å². The maximum atomic E-state index is 12.4. The van der Waals surface area contributed by atoms with E-state index in [4.69, 9.17) is 0 Å². The summed E-state index contributed by atoms with van der Waals surface area (Å²) in [5.41, 5.74) is -0.244. The minimum Gasteiger partial charge on any atom is -0.388 e. The standard InChI is InChI=1S/C13H19F2NOS/c1-9(2)13(3,17)8-16-10-6-4-5-7-11(10)18-12(14)15/h4-7,9,12,16-17H,8H2,1-3H3. The second-order valence-electron chi connectivity index (χ2n) is 4.74. The molecule has 0 amide bonds. The van der Waals surface area contributed by atoms with Crippen LogP contribution in [-0.4, -0.2) is 23.0 Å². The molecule has 0 fully saturated rings. The van der Waals surface area contributed by atoms with Crippen molar-refractivity contribution in [2.75, 3.05) is 11.9 Å². The maximum absolute atomic E-state index is 12.4. The van der Waals surface area contributed by atoms with E-state index in [0.29, 0.717) is 28.9 Å². The summed E-state index contributed by atoms with van der Waals surface area (Å²) >= 11 is 0.507. The molecule has 102 valence electrons. The van der Waals surface area contributed by atoms with Gasteiger partial charge in [0.05, 0.1) is 5.60 Å². The fraction of sp³-hybridized carbons (Fsp3) is 0.538. The molecule has 0 radical (unpaired) electrons. The summed E-state index contributed by atoms with van der Waals surface area (Å²) in [6.07, 6.45) is 0. The third kappa shape index (κ3) is 4.46. The Morgan fingerprint density at radius 1 is 1.33 bits per heavy atom. The number of halogens is 2. The number of nitrogens with one attached hydrogen (secondary N) is 1. The molecule has 5 heteroatoms. The zero-order valence-electron chi connectivity index (χ0n) is 10.8. The van der Waals surface area contributed by atoms with Crippen LogP contribution in [0.5, 0.6) is 0 Å². The van der Waals surface area contributed by atoms with E-state index in [1.54, 1.807) is 31.2 Å². The van der Waals surface area contributed by atoms with E-state index < -0.39 is 11.4 Å². The highest BCUT2D eigenvalue weighted by atomic mass is 32.2. The van der Waals surface area contributed by atoms with Gasteiger partial charge in [0.25, 0.3) is 5.76 Å². The molecular formula is C13H19F2NOS. The van der Waals surface area contributed by atoms with E-state index in [0.717, 1.165) is 0 Å². The van der Waals surface area contributed by atoms with Crippen LogP contribution in [0.2, 0.25) is 0 Å². The van der Waals surface area contributed by atoms with Crippen molar-refractivity contribution in [2.45, 2.75) is 37.0 Å². The zero-order valence-corrected chi connectivity index (χ0v) is 11.6. The van der Waals surface area contributed by atoms with Crippen molar-refractivity contribution in [3.63, 3.8) is 0 Å². The Balaban J connectivity index is 2.73. The fourth-order valence-corrected chi connectivity index (χ4v) is 1.91. The van der Waals surface area contributed by atoms with Gasteiger partial charge in [-0.05, 0) is 25.0 Å². The molecule has 1 unspecified atom stereocenters. The summed E-state index contributed by atoms with van der Waals surface area (Å²) in [5, 5.41) is 13.1. The van der Waals surface area contributed by atoms with Crippen LogP contribution in [0.1, 0.15) is 20.8 Å². The molecule has 0 saturated carbocycles. The van der Waals surface area contributed by atoms with Crippen molar-refractivity contribution in [3.8, 4) is 0 Å². The summed E-state index contributed by atoms with van der Waals surface area (Å²) in [6.45, 7) is 5.89. The first kappa shape index (κ1) is 15.2. The van der Waals surface area contributed by atoms with Gasteiger partial charge in [0.1, 0.15) is 0 Å². The molecule has 18 heavy (non-hydrogen) atoms. The molecule has 2 N–H and O–H groups in total. The summed E-state index contributed by atoms with van der Waals surface area (Å²) in [4.78, 5) is 0.493. The number of hydrogen-bond acceptors (Lipinski definition) is 3. The van der Waals surface area contributed by atoms with Gasteiger partial charge in [0, 0.05) is 17.1 Å². The predicted octanol–water partition coefficient (Wildman–Crippen LogP) is 3.82. The van der Waals surface area contributed by atoms with Crippen LogP contribution in [0, 0.1) is 5.92 Å². The molecule has 0 heterocycles. The number of anilines is 1. The van der Waals surface area contributed by atoms with Gasteiger partial charge in [-0.15, -0.1) is 0 Å². The largest absolute Gasteiger partial charge is 0.388 e. The molecule has 2 nitrogen and oxygen atoms in total. The first-order valence-corrected chi connectivity index (χ1v) is 6.71. The lowest BCUT2D eigenvalue weighted by Gasteiger charge is -2.28. The van der Waals surface area contributed by atoms with Gasteiger partial charge < -0.3 is 10.4 Å². The number of para-hydroxylation sites is 1. The van der Waals surface area contributed by atoms with Crippen molar-refractivity contribution in [1.82, 2.24) is 0 Å². The second kappa shape index (κ2) is 6.38. The Kier molecular flexibility index (Phi) is 5.41. The molecule has 1 aromatic rings. The van der Waals surface area contributed by atoms with Crippen LogP contribution in [0.25, 0.3) is 0 Å². The molecule has 0 saturated heterocycles. The van der Waals surface area contributed by atoms with Gasteiger partial charge in [-0.3, -0.25) is 0 Å². The number of hydrogen-bond donors (Lipinski definition) is 2. The average Bonchev–Trinajstić information content (AvgIpc) is 2.27. The van der Waals surface area contributed by atoms with Gasteiger partial charge in [-0.25, -0.2) is 0 Å². The van der Waals surface area contributed by atoms with E-state index in [-0.39, 0.29) is 5.92 Å². The smallest absolute Gasteiger partial charge is 0.288 e. The monoisotopic (exact) mass is 275 g/mol. The van der Waals surface area contributed by atoms with E-state index >= 15 is 0 Å². The maximum Gasteiger partial charge on any atom is 0.288 e. The molecule has 0 bridgehead atoms. The molecule has 0 aliphatic carbocycles. The van der Waals surface area contributed by atoms with Gasteiger partial charge in [0.15, 0.2) is 0 Å². The van der Waals surface area contributed by atoms with E-state index in [9.17, 15) is 13.9 Å². The molecule has 0 aromatic heterocycles. The highest BCUT2D eigenvalue weighted by Crippen LogP contribution is 2.32. The summed E-state index contributed by atoms with van der Waals surface area (Å²) in [5.74, 6) is -2.36. The normalized spacial score (nSPS) is 14.9. The average molecular weight is 275 g/mol. The van der Waals surface area contributed by atoms with E-state index in [2.05, 4.69) is 5.32 Å². The lowest BCUT2D eigenvalue weighted by atomic mass is 9.92. The number of rotatable bonds is 6. The zero-order chi connectivity index (χ0) is 13.8. The third-order valence-corrected chi connectivity index (χ3v) is 3.77. The van der Waals surface area contributed by atoms with Crippen LogP contribution < -0.4 is 5.32 Å². The van der Waals surface area contributed by atoms with Crippen LogP contribution in [0.4, 0.5) is 14.5 Å². The Labute approximate surface area is 111 Å². The first-order chi connectivity index (χ1) is 8.33. The molecule has 1 atom stereocenters. The van der Waals surface area contributed by atoms with E-state index in [1.807, 2.05) is 13.8 Å². The molecule has 0 spiro atoms. The number of alkyl halides is 2. The number of thioether (sulfide) groups is 1. The highest BCUT2D eigenvalue weighted by Gasteiger charge is 2.24. The lowest BCUT2D eigenvalue weighted by Crippen LogP contribution is -2.38. The summed E-state index contributed by atoms with van der Waals surface area (Å²) in [7, 11) is 0. The molecule has 1 aromatic carbocycles. The van der Waals surface area contributed by atoms with Crippen LogP contribution in [0.3, 0.4) is 0 Å². The van der Waals surface area contributed by atoms with Crippen LogP contribution in [-0.2, 0) is 0 Å². The second-order valence-corrected chi connectivity index (χ2v) is 5.77. The van der Waals surface area contributed by atoms with Crippen LogP contribution >= 0.6 is 11.8 Å². The number of aliphatic hydroxyl groups is 1. The number of benzene rings is 1. The predicted molar refractivity (Wildman–Crippen MR) is 72.3 cm³/mol. The molecular weight excluding hydrogens is 256 g/mol. The summed E-state index contributed by atoms with van der Waals surface area (Å²) in [6, 6.07) is 6.88. The van der Waals surface area contributed by atoms with Gasteiger partial charge in [-0.2, -0.15) is 8.78 Å². The SMILES string of the molecule is CC(C)C(C)(O)CNc1ccccc1SC(F)F. The molecule has 0 aliphatic rings. The fourth-order valence-electron chi connectivity index (χ4n) is 1.29. The minimum absolute atomic E-state index is 0.0833. The van der Waals surface area contributed by atoms with Crippen LogP contribution in [0.15, 0.2) is 29.2 Å². The van der Waals surface area contributed by atoms with Gasteiger partial charge >= 0.3 is 0 Å². The quantitative estimate of drug-likeness (QED) is 0.774. The Bertz CT molecular complexity index is 383. The molecule has 1 rings (SSSR count). The van der Waals surface area contributed by atoms with Crippen molar-refractivity contribution in [2.24, 2.45) is 5.92 Å². The van der Waals surface area contributed by atoms with Crippen molar-refractivity contribution in [1.29, 1.82) is 0 Å². The Hall–Kier alpha value is -0.810.